The van der Waals surface area contributed by atoms with Gasteiger partial charge in [-0.1, -0.05) is 24.3 Å². The van der Waals surface area contributed by atoms with Gasteiger partial charge in [0.05, 0.1) is 25.1 Å². The van der Waals surface area contributed by atoms with Crippen LogP contribution < -0.4 is 0 Å². The van der Waals surface area contributed by atoms with Crippen molar-refractivity contribution in [1.82, 2.24) is 24.7 Å². The third-order valence-corrected chi connectivity index (χ3v) is 6.37. The van der Waals surface area contributed by atoms with Gasteiger partial charge in [-0.05, 0) is 30.9 Å². The van der Waals surface area contributed by atoms with E-state index in [1.165, 1.54) is 17.3 Å². The summed E-state index contributed by atoms with van der Waals surface area (Å²) in [6.07, 6.45) is 5.16. The minimum absolute atomic E-state index is 0.0884. The van der Waals surface area contributed by atoms with Gasteiger partial charge >= 0.3 is 0 Å². The lowest BCUT2D eigenvalue weighted by molar-refractivity contribution is -0.132. The first-order valence-corrected chi connectivity index (χ1v) is 11.8. The molecule has 0 aliphatic carbocycles. The minimum Gasteiger partial charge on any atom is -0.379 e. The molecule has 1 aromatic carbocycles. The average molecular weight is 452 g/mol. The van der Waals surface area contributed by atoms with Crippen molar-refractivity contribution in [3.05, 3.63) is 59.2 Å². The van der Waals surface area contributed by atoms with Crippen LogP contribution in [0.3, 0.4) is 0 Å². The van der Waals surface area contributed by atoms with E-state index in [9.17, 15) is 9.59 Å². The second kappa shape index (κ2) is 11.3. The van der Waals surface area contributed by atoms with Crippen LogP contribution in [0.1, 0.15) is 40.2 Å². The first-order chi connectivity index (χ1) is 16.1. The van der Waals surface area contributed by atoms with E-state index in [4.69, 9.17) is 4.74 Å². The summed E-state index contributed by atoms with van der Waals surface area (Å²) >= 11 is 0. The predicted octanol–water partition coefficient (Wildman–Crippen LogP) is 1.92. The number of fused-ring (bicyclic) bond motifs is 1. The molecule has 1 aromatic heterocycles. The Labute approximate surface area is 195 Å². The van der Waals surface area contributed by atoms with Gasteiger partial charge < -0.3 is 14.5 Å². The average Bonchev–Trinajstić information content (AvgIpc) is 2.86. The van der Waals surface area contributed by atoms with E-state index in [0.717, 1.165) is 57.9 Å². The summed E-state index contributed by atoms with van der Waals surface area (Å²) in [5.41, 5.74) is 3.63. The van der Waals surface area contributed by atoms with E-state index in [0.29, 0.717) is 31.7 Å². The number of nitrogens with zero attached hydrogens (tertiary/aromatic N) is 5. The second-order valence-electron chi connectivity index (χ2n) is 8.73. The van der Waals surface area contributed by atoms with E-state index in [2.05, 4.69) is 27.0 Å². The smallest absolute Gasteiger partial charge is 0.274 e. The van der Waals surface area contributed by atoms with Crippen LogP contribution in [0.2, 0.25) is 0 Å². The Morgan fingerprint density at radius 2 is 1.82 bits per heavy atom. The standard InChI is InChI=1S/C25H33N5O3/c1-20-17-27-23(18-26-20)25(32)29(10-4-9-28-13-15-33-16-14-28)12-8-24(31)30-11-7-21-5-2-3-6-22(21)19-30/h2-3,5-6,17-18H,4,7-16,19H2,1H3. The normalized spacial score (nSPS) is 16.3. The number of carbonyl (C=O) groups excluding carboxylic acids is 2. The van der Waals surface area contributed by atoms with Crippen molar-refractivity contribution in [2.24, 2.45) is 0 Å². The van der Waals surface area contributed by atoms with Crippen molar-refractivity contribution >= 4 is 11.8 Å². The topological polar surface area (TPSA) is 78.9 Å². The van der Waals surface area contributed by atoms with Crippen LogP contribution in [-0.4, -0.2) is 89.0 Å². The zero-order chi connectivity index (χ0) is 23.0. The molecule has 1 saturated heterocycles. The second-order valence-corrected chi connectivity index (χ2v) is 8.73. The molecule has 2 aliphatic rings. The highest BCUT2D eigenvalue weighted by Crippen LogP contribution is 2.19. The lowest BCUT2D eigenvalue weighted by Crippen LogP contribution is -2.41. The molecule has 0 N–H and O–H groups in total. The van der Waals surface area contributed by atoms with Crippen LogP contribution in [-0.2, 0) is 22.5 Å². The molecule has 176 valence electrons. The number of carbonyl (C=O) groups is 2. The molecule has 0 unspecified atom stereocenters. The molecular weight excluding hydrogens is 418 g/mol. The summed E-state index contributed by atoms with van der Waals surface area (Å²) in [6, 6.07) is 8.29. The number of aryl methyl sites for hydroxylation is 1. The first kappa shape index (κ1) is 23.3. The molecular formula is C25H33N5O3. The molecule has 1 fully saturated rings. The molecule has 8 heteroatoms. The van der Waals surface area contributed by atoms with Crippen LogP contribution in [0.15, 0.2) is 36.7 Å². The molecule has 8 nitrogen and oxygen atoms in total. The van der Waals surface area contributed by atoms with Crippen LogP contribution in [0.5, 0.6) is 0 Å². The zero-order valence-electron chi connectivity index (χ0n) is 19.4. The maximum absolute atomic E-state index is 13.2. The van der Waals surface area contributed by atoms with Crippen molar-refractivity contribution < 1.29 is 14.3 Å². The third kappa shape index (κ3) is 6.36. The number of benzene rings is 1. The monoisotopic (exact) mass is 451 g/mol. The highest BCUT2D eigenvalue weighted by atomic mass is 16.5. The molecule has 33 heavy (non-hydrogen) atoms. The van der Waals surface area contributed by atoms with Gasteiger partial charge in [-0.15, -0.1) is 0 Å². The third-order valence-electron chi connectivity index (χ3n) is 6.37. The van der Waals surface area contributed by atoms with Crippen molar-refractivity contribution in [2.75, 3.05) is 52.5 Å². The maximum atomic E-state index is 13.2. The summed E-state index contributed by atoms with van der Waals surface area (Å²) in [7, 11) is 0. The van der Waals surface area contributed by atoms with Crippen LogP contribution in [0.4, 0.5) is 0 Å². The molecule has 2 aliphatic heterocycles. The number of rotatable bonds is 8. The molecule has 4 rings (SSSR count). The Hall–Kier alpha value is -2.84. The molecule has 0 spiro atoms. The quantitative estimate of drug-likeness (QED) is 0.610. The SMILES string of the molecule is Cc1cnc(C(=O)N(CCCN2CCOCC2)CCC(=O)N2CCc3ccccc3C2)cn1. The largest absolute Gasteiger partial charge is 0.379 e. The highest BCUT2D eigenvalue weighted by Gasteiger charge is 2.23. The fraction of sp³-hybridized carbons (Fsp3) is 0.520. The van der Waals surface area contributed by atoms with Gasteiger partial charge in [0.15, 0.2) is 0 Å². The number of morpholine rings is 1. The summed E-state index contributed by atoms with van der Waals surface area (Å²) in [6.45, 7) is 8.45. The van der Waals surface area contributed by atoms with E-state index in [1.807, 2.05) is 24.0 Å². The molecule has 0 saturated carbocycles. The van der Waals surface area contributed by atoms with Crippen molar-refractivity contribution in [3.8, 4) is 0 Å². The Morgan fingerprint density at radius 3 is 2.58 bits per heavy atom. The number of aromatic nitrogens is 2. The Bertz CT molecular complexity index is 943. The van der Waals surface area contributed by atoms with E-state index < -0.39 is 0 Å². The minimum atomic E-state index is -0.165. The predicted molar refractivity (Wildman–Crippen MR) is 125 cm³/mol. The zero-order valence-corrected chi connectivity index (χ0v) is 19.4. The van der Waals surface area contributed by atoms with Crippen LogP contribution >= 0.6 is 0 Å². The molecule has 0 bridgehead atoms. The van der Waals surface area contributed by atoms with Gasteiger partial charge in [0.2, 0.25) is 5.91 Å². The van der Waals surface area contributed by atoms with Gasteiger partial charge in [0, 0.05) is 58.4 Å². The number of amides is 2. The van der Waals surface area contributed by atoms with Gasteiger partial charge in [-0.2, -0.15) is 0 Å². The number of hydrogen-bond acceptors (Lipinski definition) is 6. The molecule has 0 atom stereocenters. The lowest BCUT2D eigenvalue weighted by Gasteiger charge is -2.30. The summed E-state index contributed by atoms with van der Waals surface area (Å²) in [5, 5.41) is 0. The fourth-order valence-corrected chi connectivity index (χ4v) is 4.39. The van der Waals surface area contributed by atoms with Crippen molar-refractivity contribution in [2.45, 2.75) is 32.7 Å². The maximum Gasteiger partial charge on any atom is 0.274 e. The summed E-state index contributed by atoms with van der Waals surface area (Å²) in [4.78, 5) is 40.6. The van der Waals surface area contributed by atoms with Crippen molar-refractivity contribution in [3.63, 3.8) is 0 Å². The van der Waals surface area contributed by atoms with Crippen LogP contribution in [0.25, 0.3) is 0 Å². The van der Waals surface area contributed by atoms with Gasteiger partial charge in [-0.3, -0.25) is 19.5 Å². The number of hydrogen-bond donors (Lipinski definition) is 0. The van der Waals surface area contributed by atoms with E-state index in [1.54, 1.807) is 11.1 Å². The Morgan fingerprint density at radius 1 is 1.03 bits per heavy atom. The Balaban J connectivity index is 1.35. The fourth-order valence-electron chi connectivity index (χ4n) is 4.39. The highest BCUT2D eigenvalue weighted by molar-refractivity contribution is 5.92. The Kier molecular flexibility index (Phi) is 8.01. The van der Waals surface area contributed by atoms with E-state index in [-0.39, 0.29) is 11.8 Å². The lowest BCUT2D eigenvalue weighted by atomic mass is 10.00. The molecule has 3 heterocycles. The van der Waals surface area contributed by atoms with Crippen molar-refractivity contribution in [1.29, 1.82) is 0 Å². The van der Waals surface area contributed by atoms with E-state index >= 15 is 0 Å². The summed E-state index contributed by atoms with van der Waals surface area (Å²) < 4.78 is 5.41. The molecule has 2 aromatic rings. The van der Waals surface area contributed by atoms with Gasteiger partial charge in [0.1, 0.15) is 5.69 Å². The van der Waals surface area contributed by atoms with Gasteiger partial charge in [0.25, 0.3) is 5.91 Å². The van der Waals surface area contributed by atoms with Crippen LogP contribution in [0, 0.1) is 6.92 Å². The summed E-state index contributed by atoms with van der Waals surface area (Å²) in [5.74, 6) is -0.0771. The first-order valence-electron chi connectivity index (χ1n) is 11.8. The molecule has 2 amide bonds. The number of ether oxygens (including phenoxy) is 1. The van der Waals surface area contributed by atoms with Gasteiger partial charge in [-0.25, -0.2) is 4.98 Å². The molecule has 0 radical (unpaired) electrons.